The predicted octanol–water partition coefficient (Wildman–Crippen LogP) is 4.05. The summed E-state index contributed by atoms with van der Waals surface area (Å²) in [5.74, 6) is -0.340. The zero-order valence-corrected chi connectivity index (χ0v) is 15.7. The second-order valence-electron chi connectivity index (χ2n) is 5.81. The van der Waals surface area contributed by atoms with Gasteiger partial charge in [0.15, 0.2) is 0 Å². The Morgan fingerprint density at radius 2 is 1.79 bits per heavy atom. The molecule has 5 heteroatoms. The van der Waals surface area contributed by atoms with Gasteiger partial charge in [-0.05, 0) is 42.7 Å². The van der Waals surface area contributed by atoms with Gasteiger partial charge in [0.2, 0.25) is 11.8 Å². The van der Waals surface area contributed by atoms with Gasteiger partial charge >= 0.3 is 0 Å². The van der Waals surface area contributed by atoms with Crippen molar-refractivity contribution in [3.63, 3.8) is 0 Å². The Morgan fingerprint density at radius 3 is 2.42 bits per heavy atom. The molecular formula is C19H21BrN2O2. The molecule has 0 saturated carbocycles. The van der Waals surface area contributed by atoms with Gasteiger partial charge in [-0.1, -0.05) is 46.3 Å². The standard InChI is InChI=1S/C19H21BrN2O2/c1-13-6-4-5-7-16(13)11-22(15(3)23)12-19(24)21-17-9-8-14(2)18(20)10-17/h4-10H,11-12H2,1-3H3,(H,21,24). The molecule has 0 aliphatic carbocycles. The first kappa shape index (κ1) is 18.2. The van der Waals surface area contributed by atoms with Crippen molar-refractivity contribution in [1.29, 1.82) is 0 Å². The van der Waals surface area contributed by atoms with E-state index in [-0.39, 0.29) is 18.4 Å². The number of benzene rings is 2. The summed E-state index contributed by atoms with van der Waals surface area (Å²) < 4.78 is 0.934. The third-order valence-electron chi connectivity index (χ3n) is 3.86. The average Bonchev–Trinajstić information content (AvgIpc) is 2.52. The second-order valence-corrected chi connectivity index (χ2v) is 6.67. The van der Waals surface area contributed by atoms with Gasteiger partial charge < -0.3 is 10.2 Å². The van der Waals surface area contributed by atoms with Gasteiger partial charge in [0, 0.05) is 23.6 Å². The minimum Gasteiger partial charge on any atom is -0.329 e. The fourth-order valence-corrected chi connectivity index (χ4v) is 2.69. The third kappa shape index (κ3) is 4.93. The number of amides is 2. The molecule has 1 N–H and O–H groups in total. The molecule has 2 aromatic carbocycles. The summed E-state index contributed by atoms with van der Waals surface area (Å²) in [5.41, 5.74) is 3.94. The summed E-state index contributed by atoms with van der Waals surface area (Å²) in [6.45, 7) is 5.91. The van der Waals surface area contributed by atoms with Gasteiger partial charge in [-0.15, -0.1) is 0 Å². The summed E-state index contributed by atoms with van der Waals surface area (Å²) in [6.07, 6.45) is 0. The smallest absolute Gasteiger partial charge is 0.244 e. The first-order valence-corrected chi connectivity index (χ1v) is 8.52. The number of hydrogen-bond acceptors (Lipinski definition) is 2. The predicted molar refractivity (Wildman–Crippen MR) is 99.8 cm³/mol. The van der Waals surface area contributed by atoms with Crippen molar-refractivity contribution in [3.8, 4) is 0 Å². The van der Waals surface area contributed by atoms with E-state index in [0.29, 0.717) is 12.2 Å². The Kier molecular flexibility index (Phi) is 6.15. The van der Waals surface area contributed by atoms with E-state index in [0.717, 1.165) is 21.2 Å². The van der Waals surface area contributed by atoms with Gasteiger partial charge in [0.25, 0.3) is 0 Å². The minimum absolute atomic E-state index is 0.0230. The zero-order valence-electron chi connectivity index (χ0n) is 14.1. The van der Waals surface area contributed by atoms with Crippen LogP contribution in [0.3, 0.4) is 0 Å². The van der Waals surface area contributed by atoms with Crippen molar-refractivity contribution in [2.45, 2.75) is 27.3 Å². The molecular weight excluding hydrogens is 368 g/mol. The molecule has 0 aliphatic rings. The molecule has 0 heterocycles. The van der Waals surface area contributed by atoms with Gasteiger partial charge in [-0.2, -0.15) is 0 Å². The fourth-order valence-electron chi connectivity index (χ4n) is 2.32. The highest BCUT2D eigenvalue weighted by Gasteiger charge is 2.15. The lowest BCUT2D eigenvalue weighted by atomic mass is 10.1. The van der Waals surface area contributed by atoms with Crippen LogP contribution in [0.4, 0.5) is 5.69 Å². The molecule has 0 spiro atoms. The lowest BCUT2D eigenvalue weighted by Gasteiger charge is -2.21. The molecule has 126 valence electrons. The van der Waals surface area contributed by atoms with Crippen LogP contribution in [0.5, 0.6) is 0 Å². The van der Waals surface area contributed by atoms with E-state index in [4.69, 9.17) is 0 Å². The van der Waals surface area contributed by atoms with Gasteiger partial charge in [0.05, 0.1) is 0 Å². The first-order valence-electron chi connectivity index (χ1n) is 7.73. The average molecular weight is 389 g/mol. The van der Waals surface area contributed by atoms with Crippen LogP contribution in [0.1, 0.15) is 23.6 Å². The topological polar surface area (TPSA) is 49.4 Å². The molecule has 0 bridgehead atoms. The van der Waals surface area contributed by atoms with Crippen LogP contribution < -0.4 is 5.32 Å². The van der Waals surface area contributed by atoms with E-state index >= 15 is 0 Å². The summed E-state index contributed by atoms with van der Waals surface area (Å²) in [5, 5.41) is 2.83. The molecule has 2 amide bonds. The number of aryl methyl sites for hydroxylation is 2. The minimum atomic E-state index is -0.213. The molecule has 0 aromatic heterocycles. The zero-order chi connectivity index (χ0) is 17.7. The maximum Gasteiger partial charge on any atom is 0.244 e. The molecule has 4 nitrogen and oxygen atoms in total. The lowest BCUT2D eigenvalue weighted by molar-refractivity contribution is -0.133. The van der Waals surface area contributed by atoms with Gasteiger partial charge in [0.1, 0.15) is 6.54 Å². The van der Waals surface area contributed by atoms with E-state index < -0.39 is 0 Å². The molecule has 0 aliphatic heterocycles. The Morgan fingerprint density at radius 1 is 1.08 bits per heavy atom. The monoisotopic (exact) mass is 388 g/mol. The van der Waals surface area contributed by atoms with Gasteiger partial charge in [-0.3, -0.25) is 9.59 Å². The Bertz CT molecular complexity index is 759. The van der Waals surface area contributed by atoms with E-state index in [1.54, 1.807) is 4.90 Å². The van der Waals surface area contributed by atoms with Crippen LogP contribution in [0.15, 0.2) is 46.9 Å². The highest BCUT2D eigenvalue weighted by Crippen LogP contribution is 2.20. The summed E-state index contributed by atoms with van der Waals surface area (Å²) in [6, 6.07) is 13.5. The van der Waals surface area contributed by atoms with Crippen molar-refractivity contribution in [2.24, 2.45) is 0 Å². The maximum atomic E-state index is 12.3. The van der Waals surface area contributed by atoms with Crippen molar-refractivity contribution < 1.29 is 9.59 Å². The van der Waals surface area contributed by atoms with Crippen LogP contribution in [0.25, 0.3) is 0 Å². The highest BCUT2D eigenvalue weighted by molar-refractivity contribution is 9.10. The van der Waals surface area contributed by atoms with Crippen LogP contribution in [-0.2, 0) is 16.1 Å². The number of halogens is 1. The molecule has 0 fully saturated rings. The molecule has 0 atom stereocenters. The lowest BCUT2D eigenvalue weighted by Crippen LogP contribution is -2.36. The number of nitrogens with one attached hydrogen (secondary N) is 1. The number of carbonyl (C=O) groups is 2. The van der Waals surface area contributed by atoms with Crippen molar-refractivity contribution in [1.82, 2.24) is 4.90 Å². The van der Waals surface area contributed by atoms with Crippen LogP contribution in [-0.4, -0.2) is 23.3 Å². The van der Waals surface area contributed by atoms with Crippen LogP contribution in [0.2, 0.25) is 0 Å². The van der Waals surface area contributed by atoms with E-state index in [9.17, 15) is 9.59 Å². The summed E-state index contributed by atoms with van der Waals surface area (Å²) in [7, 11) is 0. The summed E-state index contributed by atoms with van der Waals surface area (Å²) in [4.78, 5) is 25.7. The Labute approximate surface area is 151 Å². The second kappa shape index (κ2) is 8.11. The molecule has 2 aromatic rings. The fraction of sp³-hybridized carbons (Fsp3) is 0.263. The normalized spacial score (nSPS) is 10.3. The molecule has 0 radical (unpaired) electrons. The van der Waals surface area contributed by atoms with E-state index in [1.165, 1.54) is 6.92 Å². The Hall–Kier alpha value is -2.14. The largest absolute Gasteiger partial charge is 0.329 e. The molecule has 2 rings (SSSR count). The first-order chi connectivity index (χ1) is 11.4. The number of anilines is 1. The van der Waals surface area contributed by atoms with Crippen molar-refractivity contribution >= 4 is 33.4 Å². The van der Waals surface area contributed by atoms with Crippen molar-refractivity contribution in [3.05, 3.63) is 63.6 Å². The number of rotatable bonds is 5. The molecule has 0 unspecified atom stereocenters. The Balaban J connectivity index is 2.04. The number of carbonyl (C=O) groups excluding carboxylic acids is 2. The maximum absolute atomic E-state index is 12.3. The quantitative estimate of drug-likeness (QED) is 0.839. The molecule has 24 heavy (non-hydrogen) atoms. The van der Waals surface area contributed by atoms with Gasteiger partial charge in [-0.25, -0.2) is 0 Å². The highest BCUT2D eigenvalue weighted by atomic mass is 79.9. The van der Waals surface area contributed by atoms with Crippen LogP contribution in [0, 0.1) is 13.8 Å². The van der Waals surface area contributed by atoms with E-state index in [1.807, 2.05) is 56.3 Å². The number of nitrogens with zero attached hydrogens (tertiary/aromatic N) is 1. The SMILES string of the molecule is CC(=O)N(CC(=O)Nc1ccc(C)c(Br)c1)Cc1ccccc1C. The van der Waals surface area contributed by atoms with E-state index in [2.05, 4.69) is 21.2 Å². The van der Waals surface area contributed by atoms with Crippen molar-refractivity contribution in [2.75, 3.05) is 11.9 Å². The summed E-state index contributed by atoms with van der Waals surface area (Å²) >= 11 is 3.45. The number of hydrogen-bond donors (Lipinski definition) is 1. The van der Waals surface area contributed by atoms with Crippen LogP contribution >= 0.6 is 15.9 Å². The third-order valence-corrected chi connectivity index (χ3v) is 4.71. The molecule has 0 saturated heterocycles.